The summed E-state index contributed by atoms with van der Waals surface area (Å²) in [6.07, 6.45) is 0.897. The van der Waals surface area contributed by atoms with Gasteiger partial charge in [0.2, 0.25) is 15.9 Å². The van der Waals surface area contributed by atoms with Crippen LogP contribution in [0.4, 0.5) is 4.39 Å². The molecule has 1 aromatic rings. The standard InChI is InChI=1S/C17H25FN2O3S/c1-12(2)13(3)19-17(21)14-8-10-20(11-9-14)24(22,23)16-7-5-4-6-15(16)18/h4-7,12-14H,8-11H2,1-3H3,(H,19,21). The second kappa shape index (κ2) is 7.61. The fraction of sp³-hybridized carbons (Fsp3) is 0.588. The fourth-order valence-corrected chi connectivity index (χ4v) is 4.19. The summed E-state index contributed by atoms with van der Waals surface area (Å²) in [6.45, 7) is 6.49. The molecule has 1 amide bonds. The van der Waals surface area contributed by atoms with Crippen molar-refractivity contribution in [1.82, 2.24) is 9.62 Å². The zero-order valence-electron chi connectivity index (χ0n) is 14.3. The molecule has 1 unspecified atom stereocenters. The summed E-state index contributed by atoms with van der Waals surface area (Å²) in [6, 6.07) is 5.45. The molecule has 24 heavy (non-hydrogen) atoms. The van der Waals surface area contributed by atoms with Gasteiger partial charge in [-0.25, -0.2) is 12.8 Å². The summed E-state index contributed by atoms with van der Waals surface area (Å²) in [5.41, 5.74) is 0. The molecule has 1 heterocycles. The van der Waals surface area contributed by atoms with Crippen molar-refractivity contribution in [2.24, 2.45) is 11.8 Å². The van der Waals surface area contributed by atoms with Gasteiger partial charge in [-0.1, -0.05) is 26.0 Å². The fourth-order valence-electron chi connectivity index (χ4n) is 2.66. The highest BCUT2D eigenvalue weighted by Crippen LogP contribution is 2.25. The van der Waals surface area contributed by atoms with Crippen molar-refractivity contribution in [3.63, 3.8) is 0 Å². The first kappa shape index (κ1) is 18.9. The summed E-state index contributed by atoms with van der Waals surface area (Å²) < 4.78 is 40.1. The van der Waals surface area contributed by atoms with Gasteiger partial charge in [-0.2, -0.15) is 4.31 Å². The van der Waals surface area contributed by atoms with Crippen LogP contribution in [0.5, 0.6) is 0 Å². The molecule has 1 N–H and O–H groups in total. The molecule has 134 valence electrons. The Balaban J connectivity index is 2.00. The molecule has 1 saturated heterocycles. The Hall–Kier alpha value is -1.47. The Labute approximate surface area is 143 Å². The zero-order chi connectivity index (χ0) is 17.9. The zero-order valence-corrected chi connectivity index (χ0v) is 15.1. The van der Waals surface area contributed by atoms with Gasteiger partial charge in [0.25, 0.3) is 0 Å². The molecule has 1 fully saturated rings. The van der Waals surface area contributed by atoms with Gasteiger partial charge in [-0.05, 0) is 37.8 Å². The molecule has 1 aliphatic rings. The van der Waals surface area contributed by atoms with Crippen LogP contribution in [0.25, 0.3) is 0 Å². The van der Waals surface area contributed by atoms with E-state index >= 15 is 0 Å². The minimum Gasteiger partial charge on any atom is -0.353 e. The molecular formula is C17H25FN2O3S. The summed E-state index contributed by atoms with van der Waals surface area (Å²) in [4.78, 5) is 12.0. The number of hydrogen-bond donors (Lipinski definition) is 1. The summed E-state index contributed by atoms with van der Waals surface area (Å²) >= 11 is 0. The molecule has 0 spiro atoms. The molecule has 1 aliphatic heterocycles. The maximum Gasteiger partial charge on any atom is 0.245 e. The molecule has 1 atom stereocenters. The van der Waals surface area contributed by atoms with Crippen LogP contribution < -0.4 is 5.32 Å². The lowest BCUT2D eigenvalue weighted by molar-refractivity contribution is -0.127. The maximum absolute atomic E-state index is 13.8. The second-order valence-electron chi connectivity index (χ2n) is 6.65. The Morgan fingerprint density at radius 3 is 2.33 bits per heavy atom. The summed E-state index contributed by atoms with van der Waals surface area (Å²) in [5.74, 6) is -0.629. The topological polar surface area (TPSA) is 66.5 Å². The van der Waals surface area contributed by atoms with Gasteiger partial charge in [0.1, 0.15) is 10.7 Å². The van der Waals surface area contributed by atoms with Crippen LogP contribution in [0, 0.1) is 17.7 Å². The molecule has 0 aliphatic carbocycles. The van der Waals surface area contributed by atoms with Crippen molar-refractivity contribution in [2.75, 3.05) is 13.1 Å². The van der Waals surface area contributed by atoms with Gasteiger partial charge in [0.15, 0.2) is 0 Å². The first-order valence-electron chi connectivity index (χ1n) is 8.28. The van der Waals surface area contributed by atoms with Gasteiger partial charge in [0.05, 0.1) is 0 Å². The monoisotopic (exact) mass is 356 g/mol. The van der Waals surface area contributed by atoms with Gasteiger partial charge in [0, 0.05) is 25.0 Å². The lowest BCUT2D eigenvalue weighted by atomic mass is 9.96. The molecule has 1 aromatic carbocycles. The predicted molar refractivity (Wildman–Crippen MR) is 90.3 cm³/mol. The van der Waals surface area contributed by atoms with E-state index in [-0.39, 0.29) is 35.9 Å². The third-order valence-electron chi connectivity index (χ3n) is 4.65. The van der Waals surface area contributed by atoms with Crippen LogP contribution in [0.2, 0.25) is 0 Å². The smallest absolute Gasteiger partial charge is 0.245 e. The van der Waals surface area contributed by atoms with Gasteiger partial charge >= 0.3 is 0 Å². The largest absolute Gasteiger partial charge is 0.353 e. The molecular weight excluding hydrogens is 331 g/mol. The SMILES string of the molecule is CC(C)C(C)NC(=O)C1CCN(S(=O)(=O)c2ccccc2F)CC1. The van der Waals surface area contributed by atoms with Crippen molar-refractivity contribution < 1.29 is 17.6 Å². The Bertz CT molecular complexity index is 683. The van der Waals surface area contributed by atoms with Crippen LogP contribution in [-0.2, 0) is 14.8 Å². The van der Waals surface area contributed by atoms with E-state index in [2.05, 4.69) is 5.32 Å². The molecule has 0 radical (unpaired) electrons. The summed E-state index contributed by atoms with van der Waals surface area (Å²) in [7, 11) is -3.85. The number of amides is 1. The predicted octanol–water partition coefficient (Wildman–Crippen LogP) is 2.39. The van der Waals surface area contributed by atoms with Crippen molar-refractivity contribution in [3.8, 4) is 0 Å². The number of sulfonamides is 1. The van der Waals surface area contributed by atoms with Crippen LogP contribution >= 0.6 is 0 Å². The third kappa shape index (κ3) is 4.13. The normalized spacial score (nSPS) is 18.5. The highest BCUT2D eigenvalue weighted by atomic mass is 32.2. The average Bonchev–Trinajstić information content (AvgIpc) is 2.55. The van der Waals surface area contributed by atoms with E-state index in [1.165, 1.54) is 22.5 Å². The van der Waals surface area contributed by atoms with E-state index < -0.39 is 15.8 Å². The number of carbonyl (C=O) groups excluding carboxylic acids is 1. The van der Waals surface area contributed by atoms with E-state index in [9.17, 15) is 17.6 Å². The van der Waals surface area contributed by atoms with Gasteiger partial charge < -0.3 is 5.32 Å². The van der Waals surface area contributed by atoms with Crippen molar-refractivity contribution in [3.05, 3.63) is 30.1 Å². The molecule has 0 aromatic heterocycles. The van der Waals surface area contributed by atoms with E-state index in [0.29, 0.717) is 18.8 Å². The summed E-state index contributed by atoms with van der Waals surface area (Å²) in [5, 5.41) is 2.98. The van der Waals surface area contributed by atoms with Crippen LogP contribution in [0.3, 0.4) is 0 Å². The number of piperidine rings is 1. The van der Waals surface area contributed by atoms with E-state index in [4.69, 9.17) is 0 Å². The van der Waals surface area contributed by atoms with Crippen molar-refractivity contribution in [1.29, 1.82) is 0 Å². The first-order valence-corrected chi connectivity index (χ1v) is 9.72. The first-order chi connectivity index (χ1) is 11.2. The van der Waals surface area contributed by atoms with E-state index in [0.717, 1.165) is 6.07 Å². The van der Waals surface area contributed by atoms with Gasteiger partial charge in [-0.3, -0.25) is 4.79 Å². The van der Waals surface area contributed by atoms with Crippen LogP contribution in [0.15, 0.2) is 29.2 Å². The van der Waals surface area contributed by atoms with Crippen molar-refractivity contribution >= 4 is 15.9 Å². The number of carbonyl (C=O) groups is 1. The minimum absolute atomic E-state index is 0.0286. The minimum atomic E-state index is -3.85. The molecule has 5 nitrogen and oxygen atoms in total. The number of nitrogens with one attached hydrogen (secondary N) is 1. The molecule has 0 saturated carbocycles. The van der Waals surface area contributed by atoms with Crippen LogP contribution in [0.1, 0.15) is 33.6 Å². The number of benzene rings is 1. The highest BCUT2D eigenvalue weighted by molar-refractivity contribution is 7.89. The van der Waals surface area contributed by atoms with E-state index in [1.54, 1.807) is 0 Å². The maximum atomic E-state index is 13.8. The Morgan fingerprint density at radius 2 is 1.79 bits per heavy atom. The van der Waals surface area contributed by atoms with Crippen LogP contribution in [-0.4, -0.2) is 37.8 Å². The average molecular weight is 356 g/mol. The van der Waals surface area contributed by atoms with E-state index in [1.807, 2.05) is 20.8 Å². The van der Waals surface area contributed by atoms with Crippen molar-refractivity contribution in [2.45, 2.75) is 44.6 Å². The number of nitrogens with zero attached hydrogens (tertiary/aromatic N) is 1. The Morgan fingerprint density at radius 1 is 1.21 bits per heavy atom. The number of halogens is 1. The third-order valence-corrected chi connectivity index (χ3v) is 6.58. The second-order valence-corrected chi connectivity index (χ2v) is 8.56. The lowest BCUT2D eigenvalue weighted by Gasteiger charge is -2.31. The quantitative estimate of drug-likeness (QED) is 0.881. The molecule has 0 bridgehead atoms. The Kier molecular flexibility index (Phi) is 5.98. The molecule has 7 heteroatoms. The molecule has 2 rings (SSSR count). The van der Waals surface area contributed by atoms with Gasteiger partial charge in [-0.15, -0.1) is 0 Å². The number of rotatable bonds is 5. The lowest BCUT2D eigenvalue weighted by Crippen LogP contribution is -2.45. The highest BCUT2D eigenvalue weighted by Gasteiger charge is 2.33. The number of hydrogen-bond acceptors (Lipinski definition) is 3.